The van der Waals surface area contributed by atoms with Crippen molar-refractivity contribution in [3.63, 3.8) is 0 Å². The van der Waals surface area contributed by atoms with Crippen LogP contribution in [0.5, 0.6) is 11.5 Å². The van der Waals surface area contributed by atoms with Crippen molar-refractivity contribution in [1.29, 1.82) is 5.26 Å². The molecule has 0 aliphatic carbocycles. The van der Waals surface area contributed by atoms with E-state index in [1.165, 1.54) is 30.1 Å². The fourth-order valence-corrected chi connectivity index (χ4v) is 5.66. The SMILES string of the molecule is CCOC(=O)C1=C(C)N=c2s/c(=C/c3ccc(-c4ccccc4C#N)o3)c(=O)n2C1c1ccc(OC)c(OC)c1. The molecule has 5 rings (SSSR count). The van der Waals surface area contributed by atoms with Crippen LogP contribution in [0.1, 0.15) is 36.8 Å². The lowest BCUT2D eigenvalue weighted by atomic mass is 9.95. The maximum absolute atomic E-state index is 13.9. The monoisotopic (exact) mass is 555 g/mol. The molecule has 202 valence electrons. The van der Waals surface area contributed by atoms with Crippen molar-refractivity contribution in [1.82, 2.24) is 4.57 Å². The number of methoxy groups -OCH3 is 2. The Balaban J connectivity index is 1.66. The number of hydrogen-bond donors (Lipinski definition) is 0. The van der Waals surface area contributed by atoms with E-state index in [1.807, 2.05) is 6.07 Å². The van der Waals surface area contributed by atoms with E-state index in [4.69, 9.17) is 18.6 Å². The number of carbonyl (C=O) groups is 1. The zero-order chi connectivity index (χ0) is 28.4. The third-order valence-corrected chi connectivity index (χ3v) is 7.44. The first-order valence-corrected chi connectivity index (χ1v) is 13.2. The van der Waals surface area contributed by atoms with Gasteiger partial charge in [-0.05, 0) is 55.8 Å². The highest BCUT2D eigenvalue weighted by molar-refractivity contribution is 7.07. The van der Waals surface area contributed by atoms with Gasteiger partial charge in [0.15, 0.2) is 16.3 Å². The largest absolute Gasteiger partial charge is 0.493 e. The molecule has 0 saturated carbocycles. The Morgan fingerprint density at radius 2 is 1.93 bits per heavy atom. The minimum Gasteiger partial charge on any atom is -0.493 e. The van der Waals surface area contributed by atoms with Crippen molar-refractivity contribution < 1.29 is 23.4 Å². The molecule has 2 aromatic heterocycles. The molecule has 1 aliphatic heterocycles. The summed E-state index contributed by atoms with van der Waals surface area (Å²) >= 11 is 1.19. The first-order valence-electron chi connectivity index (χ1n) is 12.4. The number of fused-ring (bicyclic) bond motifs is 1. The summed E-state index contributed by atoms with van der Waals surface area (Å²) in [6.07, 6.45) is 1.64. The van der Waals surface area contributed by atoms with E-state index >= 15 is 0 Å². The maximum Gasteiger partial charge on any atom is 0.338 e. The summed E-state index contributed by atoms with van der Waals surface area (Å²) in [7, 11) is 3.06. The minimum atomic E-state index is -0.799. The second-order valence-corrected chi connectivity index (χ2v) is 9.79. The Morgan fingerprint density at radius 1 is 1.15 bits per heavy atom. The van der Waals surface area contributed by atoms with Gasteiger partial charge >= 0.3 is 5.97 Å². The fraction of sp³-hybridized carbons (Fsp3) is 0.200. The van der Waals surface area contributed by atoms with Gasteiger partial charge in [0, 0.05) is 11.6 Å². The molecule has 1 unspecified atom stereocenters. The molecule has 1 atom stereocenters. The molecule has 3 heterocycles. The molecule has 0 bridgehead atoms. The summed E-state index contributed by atoms with van der Waals surface area (Å²) in [5, 5.41) is 9.44. The van der Waals surface area contributed by atoms with E-state index in [0.717, 1.165) is 0 Å². The Hall–Kier alpha value is -4.88. The topological polar surface area (TPSA) is 116 Å². The maximum atomic E-state index is 13.9. The number of hydrogen-bond acceptors (Lipinski definition) is 9. The van der Waals surface area contributed by atoms with Gasteiger partial charge in [-0.1, -0.05) is 29.5 Å². The van der Waals surface area contributed by atoms with Crippen molar-refractivity contribution in [2.24, 2.45) is 4.99 Å². The number of aromatic nitrogens is 1. The Kier molecular flexibility index (Phi) is 7.40. The minimum absolute atomic E-state index is 0.175. The van der Waals surface area contributed by atoms with Crippen LogP contribution in [0.15, 0.2) is 80.1 Å². The predicted octanol–water partition coefficient (Wildman–Crippen LogP) is 3.95. The van der Waals surface area contributed by atoms with E-state index in [2.05, 4.69) is 11.1 Å². The van der Waals surface area contributed by atoms with Crippen molar-refractivity contribution in [3.8, 4) is 28.9 Å². The van der Waals surface area contributed by atoms with E-state index in [0.29, 0.717) is 54.7 Å². The highest BCUT2D eigenvalue weighted by atomic mass is 32.1. The smallest absolute Gasteiger partial charge is 0.338 e. The number of benzene rings is 2. The number of thiazole rings is 1. The number of carbonyl (C=O) groups excluding carboxylic acids is 1. The van der Waals surface area contributed by atoms with E-state index in [-0.39, 0.29) is 17.7 Å². The summed E-state index contributed by atoms with van der Waals surface area (Å²) in [5.74, 6) is 1.38. The van der Waals surface area contributed by atoms with Gasteiger partial charge in [0.1, 0.15) is 11.5 Å². The molecule has 0 amide bonds. The summed E-state index contributed by atoms with van der Waals surface area (Å²) in [6.45, 7) is 3.62. The first-order chi connectivity index (χ1) is 19.4. The van der Waals surface area contributed by atoms with Crippen molar-refractivity contribution in [2.75, 3.05) is 20.8 Å². The van der Waals surface area contributed by atoms with Crippen LogP contribution < -0.4 is 24.4 Å². The average molecular weight is 556 g/mol. The van der Waals surface area contributed by atoms with Crippen LogP contribution in [0.25, 0.3) is 17.4 Å². The fourth-order valence-electron chi connectivity index (χ4n) is 4.63. The van der Waals surface area contributed by atoms with Gasteiger partial charge < -0.3 is 18.6 Å². The summed E-state index contributed by atoms with van der Waals surface area (Å²) in [4.78, 5) is 32.0. The van der Waals surface area contributed by atoms with Crippen LogP contribution in [0.2, 0.25) is 0 Å². The van der Waals surface area contributed by atoms with Crippen molar-refractivity contribution >= 4 is 23.4 Å². The average Bonchev–Trinajstić information content (AvgIpc) is 3.55. The van der Waals surface area contributed by atoms with Gasteiger partial charge in [-0.25, -0.2) is 9.79 Å². The molecule has 10 heteroatoms. The molecule has 0 radical (unpaired) electrons. The lowest BCUT2D eigenvalue weighted by Gasteiger charge is -2.25. The van der Waals surface area contributed by atoms with Crippen LogP contribution in [0.3, 0.4) is 0 Å². The molecule has 2 aromatic carbocycles. The lowest BCUT2D eigenvalue weighted by molar-refractivity contribution is -0.139. The third kappa shape index (κ3) is 4.72. The Bertz CT molecular complexity index is 1870. The Morgan fingerprint density at radius 3 is 2.65 bits per heavy atom. The number of esters is 1. The number of nitriles is 1. The first kappa shape index (κ1) is 26.7. The standard InChI is InChI=1S/C30H25N3O6S/c1-5-38-29(35)26-17(2)32-30-33(27(26)18-10-12-23(36-3)24(14-18)37-4)28(34)25(40-30)15-20-11-13-22(39-20)21-9-7-6-8-19(21)16-31/h6-15,27H,5H2,1-4H3/b25-15+. The van der Waals surface area contributed by atoms with E-state index < -0.39 is 12.0 Å². The number of furan rings is 1. The van der Waals surface area contributed by atoms with Crippen LogP contribution in [0, 0.1) is 11.3 Å². The molecule has 0 spiro atoms. The molecule has 40 heavy (non-hydrogen) atoms. The molecule has 4 aromatic rings. The van der Waals surface area contributed by atoms with Crippen LogP contribution in [0.4, 0.5) is 0 Å². The third-order valence-electron chi connectivity index (χ3n) is 6.45. The molecule has 1 aliphatic rings. The van der Waals surface area contributed by atoms with Gasteiger partial charge in [0.05, 0.1) is 54.3 Å². The lowest BCUT2D eigenvalue weighted by Crippen LogP contribution is -2.39. The predicted molar refractivity (Wildman–Crippen MR) is 149 cm³/mol. The molecule has 0 N–H and O–H groups in total. The molecular formula is C30H25N3O6S. The molecule has 0 fully saturated rings. The van der Waals surface area contributed by atoms with Crippen LogP contribution in [-0.2, 0) is 9.53 Å². The van der Waals surface area contributed by atoms with Gasteiger partial charge in [-0.15, -0.1) is 0 Å². The van der Waals surface area contributed by atoms with Crippen LogP contribution >= 0.6 is 11.3 Å². The highest BCUT2D eigenvalue weighted by Crippen LogP contribution is 2.36. The molecular weight excluding hydrogens is 530 g/mol. The van der Waals surface area contributed by atoms with Gasteiger partial charge in [-0.3, -0.25) is 9.36 Å². The zero-order valence-corrected chi connectivity index (χ0v) is 23.1. The second-order valence-electron chi connectivity index (χ2n) is 8.78. The van der Waals surface area contributed by atoms with Gasteiger partial charge in [0.25, 0.3) is 5.56 Å². The number of allylic oxidation sites excluding steroid dienone is 1. The molecule has 0 saturated heterocycles. The number of nitrogens with zero attached hydrogens (tertiary/aromatic N) is 3. The van der Waals surface area contributed by atoms with Gasteiger partial charge in [-0.2, -0.15) is 5.26 Å². The number of ether oxygens (including phenoxy) is 3. The highest BCUT2D eigenvalue weighted by Gasteiger charge is 2.34. The van der Waals surface area contributed by atoms with Crippen LogP contribution in [-0.4, -0.2) is 31.4 Å². The molecule has 9 nitrogen and oxygen atoms in total. The van der Waals surface area contributed by atoms with E-state index in [1.54, 1.807) is 68.5 Å². The number of rotatable bonds is 7. The normalized spacial score (nSPS) is 14.8. The second kappa shape index (κ2) is 11.1. The van der Waals surface area contributed by atoms with Crippen molar-refractivity contribution in [2.45, 2.75) is 19.9 Å². The Labute approximate surface area is 233 Å². The van der Waals surface area contributed by atoms with Gasteiger partial charge in [0.2, 0.25) is 0 Å². The van der Waals surface area contributed by atoms with E-state index in [9.17, 15) is 14.9 Å². The zero-order valence-electron chi connectivity index (χ0n) is 22.3. The summed E-state index contributed by atoms with van der Waals surface area (Å²) in [5.41, 5.74) is 2.17. The summed E-state index contributed by atoms with van der Waals surface area (Å²) < 4.78 is 24.1. The summed E-state index contributed by atoms with van der Waals surface area (Å²) in [6, 6.07) is 17.2. The quantitative estimate of drug-likeness (QED) is 0.317. The van der Waals surface area contributed by atoms with Crippen molar-refractivity contribution in [3.05, 3.63) is 102 Å².